The molecule has 0 aromatic carbocycles. The highest BCUT2D eigenvalue weighted by Crippen LogP contribution is 2.65. The minimum Gasteiger partial charge on any atom is -0.396 e. The number of carbonyl (C=O) groups excluding carboxylic acids is 2. The van der Waals surface area contributed by atoms with E-state index in [1.165, 1.54) is 0 Å². The molecule has 7 heteroatoms. The summed E-state index contributed by atoms with van der Waals surface area (Å²) in [7, 11) is 0. The van der Waals surface area contributed by atoms with Crippen LogP contribution in [0.5, 0.6) is 0 Å². The van der Waals surface area contributed by atoms with Crippen LogP contribution < -0.4 is 10.8 Å². The summed E-state index contributed by atoms with van der Waals surface area (Å²) in [5.41, 5.74) is 3.23. The molecule has 0 aromatic heterocycles. The minimum atomic E-state index is -0.531. The van der Waals surface area contributed by atoms with Crippen LogP contribution in [0.3, 0.4) is 0 Å². The maximum atomic E-state index is 13.7. The first-order valence-electron chi connectivity index (χ1n) is 12.1. The topological polar surface area (TPSA) is 108 Å². The van der Waals surface area contributed by atoms with Gasteiger partial charge in [-0.3, -0.25) is 19.9 Å². The molecule has 3 saturated carbocycles. The smallest absolute Gasteiger partial charge is 0.142 e. The normalized spacial score (nSPS) is 46.9. The van der Waals surface area contributed by atoms with Crippen LogP contribution in [-0.2, 0) is 14.4 Å². The van der Waals surface area contributed by atoms with Crippen molar-refractivity contribution in [2.24, 2.45) is 40.4 Å². The summed E-state index contributed by atoms with van der Waals surface area (Å²) >= 11 is 0. The molecular weight excluding hydrogens is 396 g/mol. The first-order valence-corrected chi connectivity index (χ1v) is 12.1. The zero-order chi connectivity index (χ0) is 21.8. The molecule has 4 N–H and O–H groups in total. The van der Waals surface area contributed by atoms with Gasteiger partial charge in [0.1, 0.15) is 11.6 Å². The van der Waals surface area contributed by atoms with Gasteiger partial charge in [-0.15, -0.1) is 0 Å². The quantitative estimate of drug-likeness (QED) is 0.486. The number of aliphatic hydroxyl groups is 2. The molecule has 1 saturated heterocycles. The zero-order valence-electron chi connectivity index (χ0n) is 18.4. The number of allylic oxidation sites excluding steroid dienone is 2. The molecule has 5 rings (SSSR count). The fourth-order valence-electron chi connectivity index (χ4n) is 7.81. The second kappa shape index (κ2) is 7.94. The first-order chi connectivity index (χ1) is 14.9. The summed E-state index contributed by atoms with van der Waals surface area (Å²) in [6.45, 7) is 3.61. The van der Waals surface area contributed by atoms with Gasteiger partial charge in [-0.05, 0) is 62.8 Å². The Kier molecular flexibility index (Phi) is 5.52. The molecule has 8 atom stereocenters. The summed E-state index contributed by atoms with van der Waals surface area (Å²) in [6.07, 6.45) is 7.59. The van der Waals surface area contributed by atoms with Crippen molar-refractivity contribution >= 4 is 11.6 Å². The molecule has 0 bridgehead atoms. The van der Waals surface area contributed by atoms with E-state index in [1.807, 2.05) is 6.92 Å². The average Bonchev–Trinajstić information content (AvgIpc) is 3.40. The highest BCUT2D eigenvalue weighted by Gasteiger charge is 2.65. The number of ketones is 2. The van der Waals surface area contributed by atoms with Gasteiger partial charge < -0.3 is 15.5 Å². The Morgan fingerprint density at radius 2 is 2.00 bits per heavy atom. The third-order valence-electron chi connectivity index (χ3n) is 9.61. The van der Waals surface area contributed by atoms with Crippen molar-refractivity contribution < 1.29 is 24.6 Å². The molecule has 8 unspecified atom stereocenters. The third-order valence-corrected chi connectivity index (χ3v) is 9.61. The number of Topliss-reactive ketones (excluding diaryl/α,β-unsaturated/α-hetero) is 2. The van der Waals surface area contributed by atoms with Crippen LogP contribution in [0.15, 0.2) is 11.8 Å². The van der Waals surface area contributed by atoms with Crippen molar-refractivity contribution in [3.8, 4) is 0 Å². The molecule has 7 nitrogen and oxygen atoms in total. The SMILES string of the molecule is CC12CCC3C(C(=O)C(CO)C4C=C(NOC5CCNC5)CCC43CO)C1CCC2=O. The van der Waals surface area contributed by atoms with E-state index >= 15 is 0 Å². The van der Waals surface area contributed by atoms with Crippen LogP contribution in [-0.4, -0.2) is 54.2 Å². The van der Waals surface area contributed by atoms with Crippen molar-refractivity contribution in [1.29, 1.82) is 0 Å². The molecule has 0 amide bonds. The maximum Gasteiger partial charge on any atom is 0.142 e. The zero-order valence-corrected chi connectivity index (χ0v) is 18.4. The standard InChI is InChI=1S/C24H36N2O5/c1-23-7-5-18-21(17(23)2-3-20(23)29)22(30)16(12-27)19-10-14(4-8-24(18,19)13-28)26-31-15-6-9-25-11-15/h10,15-19,21,25-28H,2-9,11-13H2,1H3. The van der Waals surface area contributed by atoms with Gasteiger partial charge in [0.05, 0.1) is 12.7 Å². The Morgan fingerprint density at radius 3 is 2.71 bits per heavy atom. The van der Waals surface area contributed by atoms with Crippen LogP contribution in [0.1, 0.15) is 51.9 Å². The number of rotatable bonds is 5. The van der Waals surface area contributed by atoms with E-state index < -0.39 is 16.7 Å². The van der Waals surface area contributed by atoms with Gasteiger partial charge in [-0.25, -0.2) is 0 Å². The number of hydrogen-bond acceptors (Lipinski definition) is 7. The summed E-state index contributed by atoms with van der Waals surface area (Å²) in [6, 6.07) is 0. The van der Waals surface area contributed by atoms with E-state index in [2.05, 4.69) is 16.9 Å². The summed E-state index contributed by atoms with van der Waals surface area (Å²) in [5, 5.41) is 24.3. The monoisotopic (exact) mass is 432 g/mol. The molecule has 4 aliphatic carbocycles. The van der Waals surface area contributed by atoms with Crippen molar-refractivity contribution in [3.63, 3.8) is 0 Å². The second-order valence-corrected chi connectivity index (χ2v) is 10.8. The van der Waals surface area contributed by atoms with E-state index in [0.717, 1.165) is 57.3 Å². The number of nitrogens with one attached hydrogen (secondary N) is 2. The first kappa shape index (κ1) is 21.6. The van der Waals surface area contributed by atoms with Gasteiger partial charge in [0.15, 0.2) is 0 Å². The highest BCUT2D eigenvalue weighted by molar-refractivity contribution is 5.91. The fourth-order valence-corrected chi connectivity index (χ4v) is 7.81. The van der Waals surface area contributed by atoms with Crippen LogP contribution in [0.2, 0.25) is 0 Å². The Bertz CT molecular complexity index is 778. The molecule has 0 spiro atoms. The molecule has 1 heterocycles. The van der Waals surface area contributed by atoms with Crippen LogP contribution in [0, 0.1) is 40.4 Å². The molecule has 1 aliphatic heterocycles. The second-order valence-electron chi connectivity index (χ2n) is 10.8. The van der Waals surface area contributed by atoms with Crippen molar-refractivity contribution in [2.75, 3.05) is 26.3 Å². The largest absolute Gasteiger partial charge is 0.396 e. The van der Waals surface area contributed by atoms with Gasteiger partial charge in [-0.2, -0.15) is 0 Å². The lowest BCUT2D eigenvalue weighted by atomic mass is 9.43. The molecule has 0 aromatic rings. The predicted octanol–water partition coefficient (Wildman–Crippen LogP) is 1.34. The Balaban J connectivity index is 1.45. The van der Waals surface area contributed by atoms with Crippen molar-refractivity contribution in [1.82, 2.24) is 10.8 Å². The number of fused-ring (bicyclic) bond motifs is 5. The molecule has 0 radical (unpaired) electrons. The van der Waals surface area contributed by atoms with Crippen LogP contribution in [0.4, 0.5) is 0 Å². The molecular formula is C24H36N2O5. The molecule has 31 heavy (non-hydrogen) atoms. The van der Waals surface area contributed by atoms with Gasteiger partial charge in [-0.1, -0.05) is 13.0 Å². The van der Waals surface area contributed by atoms with Gasteiger partial charge >= 0.3 is 0 Å². The van der Waals surface area contributed by atoms with E-state index in [-0.39, 0.29) is 54.6 Å². The van der Waals surface area contributed by atoms with Crippen LogP contribution in [0.25, 0.3) is 0 Å². The highest BCUT2D eigenvalue weighted by atomic mass is 16.7. The minimum absolute atomic E-state index is 0.0111. The van der Waals surface area contributed by atoms with Crippen LogP contribution >= 0.6 is 0 Å². The maximum absolute atomic E-state index is 13.7. The fraction of sp³-hybridized carbons (Fsp3) is 0.833. The molecule has 4 fully saturated rings. The van der Waals surface area contributed by atoms with Crippen molar-refractivity contribution in [2.45, 2.75) is 58.0 Å². The third kappa shape index (κ3) is 3.15. The number of hydroxylamine groups is 1. The number of carbonyl (C=O) groups is 2. The molecule has 172 valence electrons. The summed E-state index contributed by atoms with van der Waals surface area (Å²) in [5.74, 6) is -0.458. The number of hydrogen-bond donors (Lipinski definition) is 4. The van der Waals surface area contributed by atoms with Gasteiger partial charge in [0, 0.05) is 47.9 Å². The lowest BCUT2D eigenvalue weighted by molar-refractivity contribution is -0.170. The Morgan fingerprint density at radius 1 is 1.16 bits per heavy atom. The summed E-state index contributed by atoms with van der Waals surface area (Å²) in [4.78, 5) is 32.2. The van der Waals surface area contributed by atoms with E-state index in [4.69, 9.17) is 4.84 Å². The van der Waals surface area contributed by atoms with E-state index in [0.29, 0.717) is 6.42 Å². The Hall–Kier alpha value is -1.28. The lowest BCUT2D eigenvalue weighted by Crippen LogP contribution is -2.62. The van der Waals surface area contributed by atoms with E-state index in [9.17, 15) is 19.8 Å². The lowest BCUT2D eigenvalue weighted by Gasteiger charge is -2.60. The Labute approximate surface area is 183 Å². The van der Waals surface area contributed by atoms with E-state index in [1.54, 1.807) is 0 Å². The van der Waals surface area contributed by atoms with Crippen molar-refractivity contribution in [3.05, 3.63) is 11.8 Å². The van der Waals surface area contributed by atoms with Gasteiger partial charge in [0.25, 0.3) is 0 Å². The van der Waals surface area contributed by atoms with Gasteiger partial charge in [0.2, 0.25) is 0 Å². The average molecular weight is 433 g/mol. The molecule has 5 aliphatic rings. The predicted molar refractivity (Wildman–Crippen MR) is 113 cm³/mol. The number of aliphatic hydroxyl groups excluding tert-OH is 2. The summed E-state index contributed by atoms with van der Waals surface area (Å²) < 4.78 is 0.